The number of para-hydroxylation sites is 1. The minimum absolute atomic E-state index is 0.00988. The Morgan fingerprint density at radius 2 is 1.65 bits per heavy atom. The molecular formula is C19H28F3NO3. The normalized spacial score (nSPS) is 13.9. The van der Waals surface area contributed by atoms with Gasteiger partial charge in [0.2, 0.25) is 0 Å². The van der Waals surface area contributed by atoms with Gasteiger partial charge in [-0.2, -0.15) is 0 Å². The summed E-state index contributed by atoms with van der Waals surface area (Å²) < 4.78 is 47.2. The third kappa shape index (κ3) is 6.86. The summed E-state index contributed by atoms with van der Waals surface area (Å²) >= 11 is 0. The van der Waals surface area contributed by atoms with Gasteiger partial charge >= 0.3 is 12.3 Å². The lowest BCUT2D eigenvalue weighted by Crippen LogP contribution is -2.46. The molecule has 1 unspecified atom stereocenters. The maximum Gasteiger partial charge on any atom is 0.573 e. The molecule has 1 aromatic carbocycles. The number of carbonyl (C=O) groups excluding carboxylic acids is 1. The van der Waals surface area contributed by atoms with Crippen LogP contribution in [0.4, 0.5) is 13.2 Å². The van der Waals surface area contributed by atoms with E-state index in [1.807, 2.05) is 0 Å². The van der Waals surface area contributed by atoms with Crippen LogP contribution in [-0.2, 0) is 15.1 Å². The molecule has 7 heteroatoms. The monoisotopic (exact) mass is 375 g/mol. The Balaban J connectivity index is 3.00. The van der Waals surface area contributed by atoms with Crippen LogP contribution in [0.15, 0.2) is 24.3 Å². The van der Waals surface area contributed by atoms with E-state index in [0.29, 0.717) is 6.42 Å². The highest BCUT2D eigenvalue weighted by molar-refractivity contribution is 5.83. The van der Waals surface area contributed by atoms with Crippen molar-refractivity contribution < 1.29 is 27.4 Å². The number of esters is 1. The number of hydrogen-bond donors (Lipinski definition) is 1. The molecule has 0 aliphatic carbocycles. The molecule has 0 radical (unpaired) electrons. The van der Waals surface area contributed by atoms with Gasteiger partial charge in [-0.3, -0.25) is 0 Å². The molecule has 4 nitrogen and oxygen atoms in total. The molecule has 0 aliphatic rings. The Hall–Kier alpha value is -1.76. The molecule has 0 fully saturated rings. The van der Waals surface area contributed by atoms with Crippen LogP contribution in [0.2, 0.25) is 0 Å². The summed E-state index contributed by atoms with van der Waals surface area (Å²) in [6, 6.07) is 5.47. The average molecular weight is 375 g/mol. The molecule has 2 N–H and O–H groups in total. The molecule has 0 spiro atoms. The van der Waals surface area contributed by atoms with E-state index in [0.717, 1.165) is 38.2 Å². The van der Waals surface area contributed by atoms with E-state index in [2.05, 4.69) is 11.7 Å². The first-order chi connectivity index (χ1) is 12.2. The summed E-state index contributed by atoms with van der Waals surface area (Å²) in [5.74, 6) is -1.21. The van der Waals surface area contributed by atoms with Gasteiger partial charge in [0.15, 0.2) is 0 Å². The summed E-state index contributed by atoms with van der Waals surface area (Å²) in [4.78, 5) is 12.5. The Labute approximate surface area is 152 Å². The highest BCUT2D eigenvalue weighted by Gasteiger charge is 2.41. The molecule has 1 rings (SSSR count). The Bertz CT molecular complexity index is 563. The number of ether oxygens (including phenoxy) is 2. The highest BCUT2D eigenvalue weighted by atomic mass is 19.4. The van der Waals surface area contributed by atoms with Gasteiger partial charge in [0.05, 0.1) is 6.61 Å². The van der Waals surface area contributed by atoms with Gasteiger partial charge in [-0.25, -0.2) is 4.79 Å². The van der Waals surface area contributed by atoms with Crippen LogP contribution >= 0.6 is 0 Å². The van der Waals surface area contributed by atoms with Gasteiger partial charge in [0, 0.05) is 5.56 Å². The van der Waals surface area contributed by atoms with Crippen molar-refractivity contribution in [3.63, 3.8) is 0 Å². The Kier molecular flexibility index (Phi) is 8.92. The van der Waals surface area contributed by atoms with E-state index < -0.39 is 23.6 Å². The summed E-state index contributed by atoms with van der Waals surface area (Å²) in [5, 5.41) is 0. The lowest BCUT2D eigenvalue weighted by atomic mass is 9.84. The first-order valence-corrected chi connectivity index (χ1v) is 9.06. The zero-order valence-electron chi connectivity index (χ0n) is 15.4. The van der Waals surface area contributed by atoms with E-state index in [1.54, 1.807) is 6.92 Å². The standard InChI is InChI=1S/C19H28F3NO3/c1-3-5-6-7-8-11-14-18(23,17(24)25-4-2)15-12-9-10-13-16(15)26-19(20,21)22/h9-10,12-13H,3-8,11,14,23H2,1-2H3. The molecule has 0 heterocycles. The zero-order valence-corrected chi connectivity index (χ0v) is 15.4. The largest absolute Gasteiger partial charge is 0.573 e. The molecule has 0 saturated heterocycles. The number of rotatable bonds is 11. The average Bonchev–Trinajstić information content (AvgIpc) is 2.57. The van der Waals surface area contributed by atoms with Crippen LogP contribution in [0, 0.1) is 0 Å². The smallest absolute Gasteiger partial charge is 0.464 e. The van der Waals surface area contributed by atoms with Gasteiger partial charge in [-0.15, -0.1) is 13.2 Å². The molecule has 1 aromatic rings. The SMILES string of the molecule is CCCCCCCCC(N)(C(=O)OCC)c1ccccc1OC(F)(F)F. The molecular weight excluding hydrogens is 347 g/mol. The lowest BCUT2D eigenvalue weighted by molar-refractivity contribution is -0.275. The van der Waals surface area contributed by atoms with Gasteiger partial charge in [0.25, 0.3) is 0 Å². The summed E-state index contributed by atoms with van der Waals surface area (Å²) in [5.41, 5.74) is 4.60. The van der Waals surface area contributed by atoms with E-state index in [9.17, 15) is 18.0 Å². The number of nitrogens with two attached hydrogens (primary N) is 1. The number of unbranched alkanes of at least 4 members (excludes halogenated alkanes) is 5. The zero-order chi connectivity index (χ0) is 19.6. The van der Waals surface area contributed by atoms with Crippen molar-refractivity contribution in [1.29, 1.82) is 0 Å². The third-order valence-electron chi connectivity index (χ3n) is 4.16. The molecule has 0 bridgehead atoms. The van der Waals surface area contributed by atoms with Crippen molar-refractivity contribution in [2.24, 2.45) is 5.73 Å². The maximum atomic E-state index is 12.7. The number of hydrogen-bond acceptors (Lipinski definition) is 4. The van der Waals surface area contributed by atoms with Gasteiger partial charge < -0.3 is 15.2 Å². The Morgan fingerprint density at radius 1 is 1.04 bits per heavy atom. The van der Waals surface area contributed by atoms with Crippen molar-refractivity contribution in [3.05, 3.63) is 29.8 Å². The van der Waals surface area contributed by atoms with Crippen molar-refractivity contribution in [3.8, 4) is 5.75 Å². The number of benzene rings is 1. The minimum atomic E-state index is -4.87. The quantitative estimate of drug-likeness (QED) is 0.434. The fraction of sp³-hybridized carbons (Fsp3) is 0.632. The van der Waals surface area contributed by atoms with Crippen molar-refractivity contribution >= 4 is 5.97 Å². The molecule has 26 heavy (non-hydrogen) atoms. The summed E-state index contributed by atoms with van der Waals surface area (Å²) in [6.07, 6.45) is 1.11. The van der Waals surface area contributed by atoms with E-state index >= 15 is 0 Å². The second kappa shape index (κ2) is 10.4. The van der Waals surface area contributed by atoms with E-state index in [-0.39, 0.29) is 18.6 Å². The van der Waals surface area contributed by atoms with Crippen molar-refractivity contribution in [2.45, 2.75) is 70.7 Å². The summed E-state index contributed by atoms with van der Waals surface area (Å²) in [7, 11) is 0. The predicted octanol–water partition coefficient (Wildman–Crippen LogP) is 5.05. The fourth-order valence-corrected chi connectivity index (χ4v) is 2.84. The molecule has 0 saturated carbocycles. The van der Waals surface area contributed by atoms with Crippen LogP contribution in [0.1, 0.15) is 64.4 Å². The van der Waals surface area contributed by atoms with Crippen LogP contribution in [0.5, 0.6) is 5.75 Å². The molecule has 1 atom stereocenters. The van der Waals surface area contributed by atoms with Crippen molar-refractivity contribution in [2.75, 3.05) is 6.61 Å². The number of carbonyl (C=O) groups is 1. The molecule has 148 valence electrons. The topological polar surface area (TPSA) is 61.6 Å². The molecule has 0 aliphatic heterocycles. The van der Waals surface area contributed by atoms with Gasteiger partial charge in [-0.05, 0) is 19.4 Å². The van der Waals surface area contributed by atoms with Gasteiger partial charge in [0.1, 0.15) is 11.3 Å². The molecule has 0 aromatic heterocycles. The maximum absolute atomic E-state index is 12.7. The number of halogens is 3. The number of alkyl halides is 3. The van der Waals surface area contributed by atoms with E-state index in [4.69, 9.17) is 10.5 Å². The van der Waals surface area contributed by atoms with Gasteiger partial charge in [-0.1, -0.05) is 63.6 Å². The second-order valence-corrected chi connectivity index (χ2v) is 6.25. The highest BCUT2D eigenvalue weighted by Crippen LogP contribution is 2.36. The first kappa shape index (κ1) is 22.3. The minimum Gasteiger partial charge on any atom is -0.464 e. The lowest BCUT2D eigenvalue weighted by Gasteiger charge is -2.29. The van der Waals surface area contributed by atoms with Crippen molar-refractivity contribution in [1.82, 2.24) is 0 Å². The van der Waals surface area contributed by atoms with Crippen LogP contribution in [0.3, 0.4) is 0 Å². The van der Waals surface area contributed by atoms with Crippen LogP contribution in [-0.4, -0.2) is 18.9 Å². The van der Waals surface area contributed by atoms with Crippen LogP contribution in [0.25, 0.3) is 0 Å². The Morgan fingerprint density at radius 3 is 2.27 bits per heavy atom. The summed E-state index contributed by atoms with van der Waals surface area (Å²) in [6.45, 7) is 3.83. The fourth-order valence-electron chi connectivity index (χ4n) is 2.84. The second-order valence-electron chi connectivity index (χ2n) is 6.25. The third-order valence-corrected chi connectivity index (χ3v) is 4.16. The van der Waals surface area contributed by atoms with Crippen LogP contribution < -0.4 is 10.5 Å². The first-order valence-electron chi connectivity index (χ1n) is 9.06. The molecule has 0 amide bonds. The van der Waals surface area contributed by atoms with E-state index in [1.165, 1.54) is 18.2 Å². The predicted molar refractivity (Wildman–Crippen MR) is 93.6 cm³/mol.